The van der Waals surface area contributed by atoms with E-state index in [-0.39, 0.29) is 0 Å². The second-order valence-electron chi connectivity index (χ2n) is 4.71. The van der Waals surface area contributed by atoms with Gasteiger partial charge in [-0.3, -0.25) is 0 Å². The molecule has 18 heavy (non-hydrogen) atoms. The second-order valence-corrected chi connectivity index (χ2v) is 7.39. The fourth-order valence-electron chi connectivity index (χ4n) is 2.46. The van der Waals surface area contributed by atoms with Gasteiger partial charge < -0.3 is 0 Å². The lowest BCUT2D eigenvalue weighted by molar-refractivity contribution is 0.909. The molecule has 1 unspecified atom stereocenters. The molecule has 1 heterocycles. The normalized spacial score (nSPS) is 15.7. The van der Waals surface area contributed by atoms with Crippen molar-refractivity contribution in [3.63, 3.8) is 0 Å². The van der Waals surface area contributed by atoms with Gasteiger partial charge in [0.1, 0.15) is 0 Å². The van der Waals surface area contributed by atoms with Gasteiger partial charge >= 0.3 is 0 Å². The Balaban J connectivity index is 1.78. The molecule has 0 aliphatic heterocycles. The SMILES string of the molecule is Clc1ccccc1CC(Br)c1cc2c(s1)CCC2. The highest BCUT2D eigenvalue weighted by Gasteiger charge is 2.19. The zero-order valence-electron chi connectivity index (χ0n) is 9.96. The Bertz CT molecular complexity index is 540. The summed E-state index contributed by atoms with van der Waals surface area (Å²) in [5, 5.41) is 0.867. The van der Waals surface area contributed by atoms with Crippen molar-refractivity contribution in [3.8, 4) is 0 Å². The van der Waals surface area contributed by atoms with E-state index in [4.69, 9.17) is 11.6 Å². The topological polar surface area (TPSA) is 0 Å². The van der Waals surface area contributed by atoms with Crippen molar-refractivity contribution >= 4 is 38.9 Å². The summed E-state index contributed by atoms with van der Waals surface area (Å²) in [6, 6.07) is 10.5. The van der Waals surface area contributed by atoms with Crippen LogP contribution in [0.1, 0.15) is 32.1 Å². The molecular weight excluding hydrogens is 328 g/mol. The van der Waals surface area contributed by atoms with Crippen molar-refractivity contribution in [2.75, 3.05) is 0 Å². The molecule has 1 aromatic heterocycles. The molecule has 0 N–H and O–H groups in total. The number of hydrogen-bond acceptors (Lipinski definition) is 1. The Labute approximate surface area is 125 Å². The lowest BCUT2D eigenvalue weighted by atomic mass is 10.1. The molecule has 1 aliphatic rings. The number of fused-ring (bicyclic) bond motifs is 1. The molecule has 3 rings (SSSR count). The number of halogens is 2. The number of benzene rings is 1. The molecule has 0 fully saturated rings. The van der Waals surface area contributed by atoms with Crippen LogP contribution in [0.15, 0.2) is 30.3 Å². The van der Waals surface area contributed by atoms with Gasteiger partial charge in [-0.15, -0.1) is 11.3 Å². The van der Waals surface area contributed by atoms with Gasteiger partial charge in [-0.25, -0.2) is 0 Å². The Morgan fingerprint density at radius 2 is 2.11 bits per heavy atom. The number of alkyl halides is 1. The summed E-state index contributed by atoms with van der Waals surface area (Å²) < 4.78 is 0. The Morgan fingerprint density at radius 3 is 2.89 bits per heavy atom. The average molecular weight is 342 g/mol. The van der Waals surface area contributed by atoms with E-state index in [0.717, 1.165) is 11.4 Å². The molecule has 0 amide bonds. The molecule has 1 aromatic carbocycles. The summed E-state index contributed by atoms with van der Waals surface area (Å²) in [7, 11) is 0. The highest BCUT2D eigenvalue weighted by Crippen LogP contribution is 2.38. The zero-order valence-corrected chi connectivity index (χ0v) is 13.1. The predicted octanol–water partition coefficient (Wildman–Crippen LogP) is 5.57. The summed E-state index contributed by atoms with van der Waals surface area (Å²) in [6.45, 7) is 0. The maximum absolute atomic E-state index is 6.21. The molecule has 2 aromatic rings. The van der Waals surface area contributed by atoms with Crippen molar-refractivity contribution in [2.24, 2.45) is 0 Å². The van der Waals surface area contributed by atoms with Gasteiger partial charge in [-0.2, -0.15) is 0 Å². The maximum Gasteiger partial charge on any atom is 0.0530 e. The Kier molecular flexibility index (Phi) is 3.78. The summed E-state index contributed by atoms with van der Waals surface area (Å²) in [5.74, 6) is 0. The van der Waals surface area contributed by atoms with E-state index in [1.807, 2.05) is 23.5 Å². The van der Waals surface area contributed by atoms with Gasteiger partial charge in [0, 0.05) is 14.8 Å². The van der Waals surface area contributed by atoms with Gasteiger partial charge in [0.25, 0.3) is 0 Å². The first-order valence-corrected chi connectivity index (χ1v) is 8.34. The summed E-state index contributed by atoms with van der Waals surface area (Å²) in [5.41, 5.74) is 2.79. The predicted molar refractivity (Wildman–Crippen MR) is 83.2 cm³/mol. The Hall–Kier alpha value is -0.310. The molecule has 0 saturated heterocycles. The van der Waals surface area contributed by atoms with Crippen molar-refractivity contribution in [3.05, 3.63) is 56.2 Å². The second kappa shape index (κ2) is 5.36. The van der Waals surface area contributed by atoms with Crippen LogP contribution in [-0.4, -0.2) is 0 Å². The lowest BCUT2D eigenvalue weighted by Gasteiger charge is -2.09. The number of rotatable bonds is 3. The number of aryl methyl sites for hydroxylation is 2. The van der Waals surface area contributed by atoms with Crippen LogP contribution >= 0.6 is 38.9 Å². The van der Waals surface area contributed by atoms with Crippen LogP contribution in [0.25, 0.3) is 0 Å². The van der Waals surface area contributed by atoms with E-state index in [1.54, 1.807) is 10.4 Å². The van der Waals surface area contributed by atoms with Crippen molar-refractivity contribution in [1.82, 2.24) is 0 Å². The summed E-state index contributed by atoms with van der Waals surface area (Å²) >= 11 is 12.0. The van der Waals surface area contributed by atoms with Gasteiger partial charge in [0.2, 0.25) is 0 Å². The van der Waals surface area contributed by atoms with Crippen molar-refractivity contribution in [1.29, 1.82) is 0 Å². The van der Waals surface area contributed by atoms with Crippen LogP contribution in [0.4, 0.5) is 0 Å². The van der Waals surface area contributed by atoms with E-state index in [2.05, 4.69) is 34.1 Å². The van der Waals surface area contributed by atoms with E-state index >= 15 is 0 Å². The standard InChI is InChI=1S/C15H14BrClS/c16-12(8-10-4-1-2-6-13(10)17)15-9-11-5-3-7-14(11)18-15/h1-2,4,6,9,12H,3,5,7-8H2. The molecule has 0 spiro atoms. The third-order valence-corrected chi connectivity index (χ3v) is 6.27. The minimum Gasteiger partial charge on any atom is -0.144 e. The molecule has 3 heteroatoms. The molecule has 1 aliphatic carbocycles. The summed E-state index contributed by atoms with van der Waals surface area (Å²) in [4.78, 5) is 3.42. The van der Waals surface area contributed by atoms with E-state index in [0.29, 0.717) is 4.83 Å². The highest BCUT2D eigenvalue weighted by molar-refractivity contribution is 9.09. The highest BCUT2D eigenvalue weighted by atomic mass is 79.9. The van der Waals surface area contributed by atoms with Crippen LogP contribution < -0.4 is 0 Å². The minimum absolute atomic E-state index is 0.382. The van der Waals surface area contributed by atoms with Crippen LogP contribution in [0.2, 0.25) is 5.02 Å². The van der Waals surface area contributed by atoms with Crippen LogP contribution in [0, 0.1) is 0 Å². The first kappa shape index (κ1) is 12.7. The molecule has 0 bridgehead atoms. The van der Waals surface area contributed by atoms with Crippen molar-refractivity contribution in [2.45, 2.75) is 30.5 Å². The quantitative estimate of drug-likeness (QED) is 0.640. The van der Waals surface area contributed by atoms with E-state index in [9.17, 15) is 0 Å². The lowest BCUT2D eigenvalue weighted by Crippen LogP contribution is -1.94. The van der Waals surface area contributed by atoms with Gasteiger partial charge in [-0.05, 0) is 48.9 Å². The molecule has 94 valence electrons. The maximum atomic E-state index is 6.21. The third-order valence-electron chi connectivity index (χ3n) is 3.43. The van der Waals surface area contributed by atoms with Crippen LogP contribution in [0.5, 0.6) is 0 Å². The largest absolute Gasteiger partial charge is 0.144 e. The van der Waals surface area contributed by atoms with E-state index in [1.165, 1.54) is 29.7 Å². The first-order chi connectivity index (χ1) is 8.74. The molecular formula is C15H14BrClS. The molecule has 0 nitrogen and oxygen atoms in total. The average Bonchev–Trinajstić information content (AvgIpc) is 2.92. The fourth-order valence-corrected chi connectivity index (χ4v) is 4.67. The van der Waals surface area contributed by atoms with Gasteiger partial charge in [0.05, 0.1) is 4.83 Å². The molecule has 0 saturated carbocycles. The smallest absolute Gasteiger partial charge is 0.0530 e. The Morgan fingerprint density at radius 1 is 1.28 bits per heavy atom. The molecule has 1 atom stereocenters. The zero-order chi connectivity index (χ0) is 12.5. The van der Waals surface area contributed by atoms with Crippen LogP contribution in [-0.2, 0) is 19.3 Å². The first-order valence-electron chi connectivity index (χ1n) is 6.23. The monoisotopic (exact) mass is 340 g/mol. The third kappa shape index (κ3) is 2.52. The summed E-state index contributed by atoms with van der Waals surface area (Å²) in [6.07, 6.45) is 4.82. The van der Waals surface area contributed by atoms with Gasteiger partial charge in [-0.1, -0.05) is 45.7 Å². The van der Waals surface area contributed by atoms with E-state index < -0.39 is 0 Å². The number of thiophene rings is 1. The molecule has 0 radical (unpaired) electrons. The number of hydrogen-bond donors (Lipinski definition) is 0. The minimum atomic E-state index is 0.382. The van der Waals surface area contributed by atoms with Crippen molar-refractivity contribution < 1.29 is 0 Å². The van der Waals surface area contributed by atoms with Gasteiger partial charge in [0.15, 0.2) is 0 Å². The van der Waals surface area contributed by atoms with Crippen LogP contribution in [0.3, 0.4) is 0 Å². The fraction of sp³-hybridized carbons (Fsp3) is 0.333.